The minimum Gasteiger partial charge on any atom is -0.496 e. The third kappa shape index (κ3) is 3.74. The van der Waals surface area contributed by atoms with Crippen molar-refractivity contribution in [1.82, 2.24) is 10.3 Å². The van der Waals surface area contributed by atoms with Gasteiger partial charge >= 0.3 is 0 Å². The van der Waals surface area contributed by atoms with Gasteiger partial charge in [-0.2, -0.15) is 0 Å². The lowest BCUT2D eigenvalue weighted by Gasteiger charge is -2.17. The average molecular weight is 330 g/mol. The number of ether oxygens (including phenoxy) is 1. The van der Waals surface area contributed by atoms with Crippen molar-refractivity contribution in [1.29, 1.82) is 0 Å². The van der Waals surface area contributed by atoms with E-state index in [2.05, 4.69) is 33.9 Å². The van der Waals surface area contributed by atoms with Crippen molar-refractivity contribution in [2.75, 3.05) is 7.11 Å². The van der Waals surface area contributed by atoms with Gasteiger partial charge in [-0.25, -0.2) is 4.98 Å². The number of hydrogen-bond donors (Lipinski definition) is 1. The summed E-state index contributed by atoms with van der Waals surface area (Å²) in [5, 5.41) is 8.90. The van der Waals surface area contributed by atoms with Crippen LogP contribution in [0.1, 0.15) is 21.5 Å². The van der Waals surface area contributed by atoms with Gasteiger partial charge in [-0.3, -0.25) is 0 Å². The van der Waals surface area contributed by atoms with E-state index >= 15 is 0 Å². The molecule has 0 unspecified atom stereocenters. The molecule has 3 nitrogen and oxygen atoms in total. The zero-order valence-electron chi connectivity index (χ0n) is 12.4. The van der Waals surface area contributed by atoms with E-state index in [4.69, 9.17) is 4.74 Å². The summed E-state index contributed by atoms with van der Waals surface area (Å²) in [6.07, 6.45) is 2.83. The lowest BCUT2D eigenvalue weighted by atomic mass is 10.1. The van der Waals surface area contributed by atoms with Crippen LogP contribution in [0, 0.1) is 0 Å². The molecule has 2 aromatic heterocycles. The maximum absolute atomic E-state index is 5.42. The average Bonchev–Trinajstić information content (AvgIpc) is 3.25. The largest absolute Gasteiger partial charge is 0.496 e. The summed E-state index contributed by atoms with van der Waals surface area (Å²) >= 11 is 3.49. The second kappa shape index (κ2) is 7.54. The monoisotopic (exact) mass is 330 g/mol. The Bertz CT molecular complexity index is 681. The molecule has 0 saturated heterocycles. The number of rotatable bonds is 7. The van der Waals surface area contributed by atoms with E-state index in [9.17, 15) is 0 Å². The van der Waals surface area contributed by atoms with Crippen LogP contribution in [0.25, 0.3) is 0 Å². The summed E-state index contributed by atoms with van der Waals surface area (Å²) in [5.74, 6) is 0.920. The molecule has 1 N–H and O–H groups in total. The van der Waals surface area contributed by atoms with Crippen LogP contribution in [0.5, 0.6) is 5.75 Å². The number of nitrogens with one attached hydrogen (secondary N) is 1. The van der Waals surface area contributed by atoms with Crippen molar-refractivity contribution in [2.24, 2.45) is 0 Å². The Morgan fingerprint density at radius 1 is 1.14 bits per heavy atom. The molecule has 0 bridgehead atoms. The Labute approximate surface area is 138 Å². The van der Waals surface area contributed by atoms with Crippen molar-refractivity contribution in [3.8, 4) is 5.75 Å². The Morgan fingerprint density at radius 2 is 2.05 bits per heavy atom. The second-order valence-corrected chi connectivity index (χ2v) is 6.86. The van der Waals surface area contributed by atoms with Crippen molar-refractivity contribution >= 4 is 22.7 Å². The molecule has 0 fully saturated rings. The standard InChI is InChI=1S/C17H18N2OS2/c1-20-16-7-3-2-5-13(16)12-19-15(17-18-8-10-22-17)11-14-6-4-9-21-14/h2-10,15,19H,11-12H2,1H3/t15-/m0/s1. The predicted octanol–water partition coefficient (Wildman–Crippen LogP) is 4.29. The minimum atomic E-state index is 0.226. The van der Waals surface area contributed by atoms with E-state index < -0.39 is 0 Å². The molecule has 22 heavy (non-hydrogen) atoms. The van der Waals surface area contributed by atoms with E-state index in [-0.39, 0.29) is 6.04 Å². The predicted molar refractivity (Wildman–Crippen MR) is 92.7 cm³/mol. The molecule has 5 heteroatoms. The van der Waals surface area contributed by atoms with Gasteiger partial charge in [0.2, 0.25) is 0 Å². The summed E-state index contributed by atoms with van der Waals surface area (Å²) in [6, 6.07) is 12.6. The first kappa shape index (κ1) is 15.2. The molecule has 0 radical (unpaired) electrons. The number of thiophene rings is 1. The number of nitrogens with zero attached hydrogens (tertiary/aromatic N) is 1. The lowest BCUT2D eigenvalue weighted by Crippen LogP contribution is -2.22. The zero-order chi connectivity index (χ0) is 15.2. The number of aromatic nitrogens is 1. The highest BCUT2D eigenvalue weighted by atomic mass is 32.1. The Balaban J connectivity index is 1.73. The molecule has 0 aliphatic heterocycles. The normalized spacial score (nSPS) is 12.2. The Hall–Kier alpha value is -1.69. The van der Waals surface area contributed by atoms with Crippen LogP contribution in [0.2, 0.25) is 0 Å². The minimum absolute atomic E-state index is 0.226. The summed E-state index contributed by atoms with van der Waals surface area (Å²) < 4.78 is 5.42. The van der Waals surface area contributed by atoms with E-state index in [0.717, 1.165) is 29.3 Å². The fraction of sp³-hybridized carbons (Fsp3) is 0.235. The summed E-state index contributed by atoms with van der Waals surface area (Å²) in [6.45, 7) is 0.764. The van der Waals surface area contributed by atoms with E-state index in [1.807, 2.05) is 29.8 Å². The van der Waals surface area contributed by atoms with Crippen LogP contribution < -0.4 is 10.1 Å². The molecule has 1 atom stereocenters. The molecule has 2 heterocycles. The number of hydrogen-bond acceptors (Lipinski definition) is 5. The molecular formula is C17H18N2OS2. The lowest BCUT2D eigenvalue weighted by molar-refractivity contribution is 0.405. The number of para-hydroxylation sites is 1. The smallest absolute Gasteiger partial charge is 0.123 e. The highest BCUT2D eigenvalue weighted by Gasteiger charge is 2.16. The number of methoxy groups -OCH3 is 1. The molecule has 0 amide bonds. The molecular weight excluding hydrogens is 312 g/mol. The van der Waals surface area contributed by atoms with Gasteiger partial charge in [0.1, 0.15) is 10.8 Å². The maximum Gasteiger partial charge on any atom is 0.123 e. The first-order chi connectivity index (χ1) is 10.9. The molecule has 0 spiro atoms. The molecule has 114 valence electrons. The van der Waals surface area contributed by atoms with Crippen molar-refractivity contribution in [3.63, 3.8) is 0 Å². The fourth-order valence-electron chi connectivity index (χ4n) is 2.37. The van der Waals surface area contributed by atoms with Crippen LogP contribution in [-0.2, 0) is 13.0 Å². The molecule has 0 aliphatic carbocycles. The second-order valence-electron chi connectivity index (χ2n) is 4.90. The van der Waals surface area contributed by atoms with Crippen LogP contribution in [0.15, 0.2) is 53.4 Å². The number of benzene rings is 1. The third-order valence-electron chi connectivity index (χ3n) is 3.47. The maximum atomic E-state index is 5.42. The highest BCUT2D eigenvalue weighted by molar-refractivity contribution is 7.10. The van der Waals surface area contributed by atoms with Crippen molar-refractivity contribution < 1.29 is 4.74 Å². The quantitative estimate of drug-likeness (QED) is 0.702. The van der Waals surface area contributed by atoms with Crippen molar-refractivity contribution in [3.05, 3.63) is 68.8 Å². The summed E-state index contributed by atoms with van der Waals surface area (Å²) in [5.41, 5.74) is 1.16. The molecule has 0 aliphatic rings. The molecule has 1 aromatic carbocycles. The van der Waals surface area contributed by atoms with Gasteiger partial charge in [0.25, 0.3) is 0 Å². The summed E-state index contributed by atoms with van der Waals surface area (Å²) in [7, 11) is 1.71. The van der Waals surface area contributed by atoms with Gasteiger partial charge in [0, 0.05) is 35.0 Å². The van der Waals surface area contributed by atoms with Gasteiger partial charge in [-0.1, -0.05) is 24.3 Å². The summed E-state index contributed by atoms with van der Waals surface area (Å²) in [4.78, 5) is 5.85. The first-order valence-electron chi connectivity index (χ1n) is 7.14. The highest BCUT2D eigenvalue weighted by Crippen LogP contribution is 2.24. The van der Waals surface area contributed by atoms with Gasteiger partial charge < -0.3 is 10.1 Å². The van der Waals surface area contributed by atoms with Crippen LogP contribution in [-0.4, -0.2) is 12.1 Å². The molecule has 3 rings (SSSR count). The van der Waals surface area contributed by atoms with E-state index in [1.54, 1.807) is 29.8 Å². The Morgan fingerprint density at radius 3 is 2.77 bits per heavy atom. The first-order valence-corrected chi connectivity index (χ1v) is 8.90. The topological polar surface area (TPSA) is 34.1 Å². The van der Waals surface area contributed by atoms with Gasteiger partial charge in [0.15, 0.2) is 0 Å². The molecule has 3 aromatic rings. The van der Waals surface area contributed by atoms with Crippen molar-refractivity contribution in [2.45, 2.75) is 19.0 Å². The van der Waals surface area contributed by atoms with Crippen LogP contribution in [0.4, 0.5) is 0 Å². The van der Waals surface area contributed by atoms with E-state index in [0.29, 0.717) is 0 Å². The third-order valence-corrected chi connectivity index (χ3v) is 5.25. The zero-order valence-corrected chi connectivity index (χ0v) is 14.0. The van der Waals surface area contributed by atoms with Crippen LogP contribution in [0.3, 0.4) is 0 Å². The van der Waals surface area contributed by atoms with Crippen LogP contribution >= 0.6 is 22.7 Å². The SMILES string of the molecule is COc1ccccc1CN[C@@H](Cc1cccs1)c1nccs1. The van der Waals surface area contributed by atoms with Gasteiger partial charge in [-0.05, 0) is 17.5 Å². The van der Waals surface area contributed by atoms with Gasteiger partial charge in [0.05, 0.1) is 13.2 Å². The molecule has 0 saturated carbocycles. The van der Waals surface area contributed by atoms with E-state index in [1.165, 1.54) is 4.88 Å². The fourth-order valence-corrected chi connectivity index (χ4v) is 3.83. The van der Waals surface area contributed by atoms with Gasteiger partial charge in [-0.15, -0.1) is 22.7 Å². The Kier molecular flexibility index (Phi) is 5.21. The number of thiazole rings is 1.